The number of aromatic nitrogens is 1. The SMILES string of the molecule is CCC(CC)CC(O)c1ncc(Cl)cc1Cl. The molecule has 1 heterocycles. The molecule has 1 aromatic rings. The molecule has 0 aliphatic heterocycles. The fraction of sp³-hybridized carbons (Fsp3) is 0.583. The third kappa shape index (κ3) is 3.62. The topological polar surface area (TPSA) is 33.1 Å². The lowest BCUT2D eigenvalue weighted by Crippen LogP contribution is -2.08. The quantitative estimate of drug-likeness (QED) is 0.860. The van der Waals surface area contributed by atoms with Crippen molar-refractivity contribution in [3.63, 3.8) is 0 Å². The third-order valence-electron chi connectivity index (χ3n) is 2.86. The predicted octanol–water partition coefficient (Wildman–Crippen LogP) is 4.25. The average molecular weight is 262 g/mol. The molecule has 16 heavy (non-hydrogen) atoms. The fourth-order valence-electron chi connectivity index (χ4n) is 1.72. The molecule has 0 aliphatic rings. The molecule has 90 valence electrons. The Labute approximate surface area is 107 Å². The fourth-order valence-corrected chi connectivity index (χ4v) is 2.23. The van der Waals surface area contributed by atoms with Gasteiger partial charge in [-0.2, -0.15) is 0 Å². The van der Waals surface area contributed by atoms with E-state index >= 15 is 0 Å². The van der Waals surface area contributed by atoms with Crippen molar-refractivity contribution in [3.05, 3.63) is 28.0 Å². The number of halogens is 2. The number of aliphatic hydroxyl groups excluding tert-OH is 1. The zero-order chi connectivity index (χ0) is 12.1. The van der Waals surface area contributed by atoms with Gasteiger partial charge in [0, 0.05) is 6.20 Å². The van der Waals surface area contributed by atoms with Crippen molar-refractivity contribution in [1.29, 1.82) is 0 Å². The van der Waals surface area contributed by atoms with E-state index in [0.717, 1.165) is 12.8 Å². The second-order valence-electron chi connectivity index (χ2n) is 3.95. The number of rotatable bonds is 5. The van der Waals surface area contributed by atoms with E-state index < -0.39 is 6.10 Å². The highest BCUT2D eigenvalue weighted by Gasteiger charge is 2.17. The highest BCUT2D eigenvalue weighted by atomic mass is 35.5. The molecule has 1 aromatic heterocycles. The Hall–Kier alpha value is -0.310. The van der Waals surface area contributed by atoms with E-state index in [2.05, 4.69) is 18.8 Å². The van der Waals surface area contributed by atoms with Crippen LogP contribution in [0.15, 0.2) is 12.3 Å². The third-order valence-corrected chi connectivity index (χ3v) is 3.37. The van der Waals surface area contributed by atoms with E-state index in [4.69, 9.17) is 23.2 Å². The summed E-state index contributed by atoms with van der Waals surface area (Å²) in [6.07, 6.45) is 3.72. The molecule has 0 amide bonds. The second kappa shape index (κ2) is 6.43. The van der Waals surface area contributed by atoms with Crippen LogP contribution < -0.4 is 0 Å². The first-order valence-corrected chi connectivity index (χ1v) is 6.33. The largest absolute Gasteiger partial charge is 0.387 e. The molecule has 0 saturated heterocycles. The van der Waals surface area contributed by atoms with Crippen LogP contribution in [0.3, 0.4) is 0 Å². The van der Waals surface area contributed by atoms with Crippen LogP contribution in [0.1, 0.15) is 44.9 Å². The summed E-state index contributed by atoms with van der Waals surface area (Å²) in [5, 5.41) is 11.0. The lowest BCUT2D eigenvalue weighted by molar-refractivity contribution is 0.137. The van der Waals surface area contributed by atoms with Gasteiger partial charge in [0.15, 0.2) is 0 Å². The Morgan fingerprint density at radius 1 is 1.31 bits per heavy atom. The standard InChI is InChI=1S/C12H17Cl2NO/c1-3-8(4-2)5-11(16)12-10(14)6-9(13)7-15-12/h6-8,11,16H,3-5H2,1-2H3. The lowest BCUT2D eigenvalue weighted by Gasteiger charge is -2.17. The van der Waals surface area contributed by atoms with E-state index in [1.807, 2.05) is 0 Å². The highest BCUT2D eigenvalue weighted by molar-refractivity contribution is 6.34. The summed E-state index contributed by atoms with van der Waals surface area (Å²) in [7, 11) is 0. The zero-order valence-corrected chi connectivity index (χ0v) is 11.1. The normalized spacial score (nSPS) is 13.1. The summed E-state index contributed by atoms with van der Waals surface area (Å²) < 4.78 is 0. The van der Waals surface area contributed by atoms with Gasteiger partial charge in [-0.15, -0.1) is 0 Å². The molecule has 1 unspecified atom stereocenters. The molecule has 0 fully saturated rings. The molecule has 0 saturated carbocycles. The summed E-state index contributed by atoms with van der Waals surface area (Å²) in [5.74, 6) is 0.503. The van der Waals surface area contributed by atoms with Crippen LogP contribution in [-0.4, -0.2) is 10.1 Å². The van der Waals surface area contributed by atoms with Crippen molar-refractivity contribution in [3.8, 4) is 0 Å². The maximum absolute atomic E-state index is 10.0. The van der Waals surface area contributed by atoms with Crippen molar-refractivity contribution in [2.75, 3.05) is 0 Å². The van der Waals surface area contributed by atoms with Gasteiger partial charge < -0.3 is 5.11 Å². The number of hydrogen-bond acceptors (Lipinski definition) is 2. The summed E-state index contributed by atoms with van der Waals surface area (Å²) in [4.78, 5) is 4.09. The molecule has 0 spiro atoms. The van der Waals surface area contributed by atoms with Gasteiger partial charge in [-0.25, -0.2) is 0 Å². The van der Waals surface area contributed by atoms with Crippen LogP contribution >= 0.6 is 23.2 Å². The van der Waals surface area contributed by atoms with Gasteiger partial charge in [-0.05, 0) is 18.4 Å². The molecule has 1 atom stereocenters. The molecule has 0 bridgehead atoms. The average Bonchev–Trinajstić information content (AvgIpc) is 2.25. The van der Waals surface area contributed by atoms with Crippen LogP contribution in [0.2, 0.25) is 10.0 Å². The molecule has 2 nitrogen and oxygen atoms in total. The van der Waals surface area contributed by atoms with E-state index in [1.54, 1.807) is 6.07 Å². The van der Waals surface area contributed by atoms with Crippen molar-refractivity contribution >= 4 is 23.2 Å². The van der Waals surface area contributed by atoms with Crippen molar-refractivity contribution < 1.29 is 5.11 Å². The van der Waals surface area contributed by atoms with Crippen LogP contribution in [0.5, 0.6) is 0 Å². The van der Waals surface area contributed by atoms with Gasteiger partial charge in [0.1, 0.15) is 0 Å². The monoisotopic (exact) mass is 261 g/mol. The molecular weight excluding hydrogens is 245 g/mol. The zero-order valence-electron chi connectivity index (χ0n) is 9.58. The Bertz CT molecular complexity index is 340. The Morgan fingerprint density at radius 3 is 2.44 bits per heavy atom. The summed E-state index contributed by atoms with van der Waals surface area (Å²) in [6.45, 7) is 4.25. The molecular formula is C12H17Cl2NO. The molecule has 0 aliphatic carbocycles. The van der Waals surface area contributed by atoms with E-state index in [9.17, 15) is 5.11 Å². The van der Waals surface area contributed by atoms with Gasteiger partial charge in [0.25, 0.3) is 0 Å². The van der Waals surface area contributed by atoms with E-state index in [0.29, 0.717) is 28.1 Å². The number of aliphatic hydroxyl groups is 1. The first kappa shape index (κ1) is 13.8. The molecule has 0 aromatic carbocycles. The summed E-state index contributed by atoms with van der Waals surface area (Å²) in [5.41, 5.74) is 0.526. The van der Waals surface area contributed by atoms with Crippen LogP contribution in [-0.2, 0) is 0 Å². The number of pyridine rings is 1. The number of nitrogens with zero attached hydrogens (tertiary/aromatic N) is 1. The van der Waals surface area contributed by atoms with E-state index in [1.165, 1.54) is 6.20 Å². The maximum atomic E-state index is 10.0. The van der Waals surface area contributed by atoms with Gasteiger partial charge in [-0.1, -0.05) is 49.9 Å². The van der Waals surface area contributed by atoms with Crippen molar-refractivity contribution in [1.82, 2.24) is 4.98 Å². The summed E-state index contributed by atoms with van der Waals surface area (Å²) >= 11 is 11.7. The van der Waals surface area contributed by atoms with Crippen molar-refractivity contribution in [2.45, 2.75) is 39.2 Å². The second-order valence-corrected chi connectivity index (χ2v) is 4.80. The Kier molecular flexibility index (Phi) is 5.53. The highest BCUT2D eigenvalue weighted by Crippen LogP contribution is 2.29. The minimum Gasteiger partial charge on any atom is -0.387 e. The minimum absolute atomic E-state index is 0.436. The van der Waals surface area contributed by atoms with Gasteiger partial charge in [0.2, 0.25) is 0 Å². The molecule has 0 radical (unpaired) electrons. The van der Waals surface area contributed by atoms with Gasteiger partial charge in [-0.3, -0.25) is 4.98 Å². The molecule has 4 heteroatoms. The van der Waals surface area contributed by atoms with Crippen LogP contribution in [0.4, 0.5) is 0 Å². The first-order chi connectivity index (χ1) is 7.58. The molecule has 1 rings (SSSR count). The van der Waals surface area contributed by atoms with Crippen LogP contribution in [0.25, 0.3) is 0 Å². The molecule has 1 N–H and O–H groups in total. The number of hydrogen-bond donors (Lipinski definition) is 1. The van der Waals surface area contributed by atoms with Gasteiger partial charge >= 0.3 is 0 Å². The lowest BCUT2D eigenvalue weighted by atomic mass is 9.95. The van der Waals surface area contributed by atoms with Gasteiger partial charge in [0.05, 0.1) is 21.8 Å². The minimum atomic E-state index is -0.602. The van der Waals surface area contributed by atoms with Crippen LogP contribution in [0, 0.1) is 5.92 Å². The Balaban J connectivity index is 2.76. The van der Waals surface area contributed by atoms with E-state index in [-0.39, 0.29) is 0 Å². The first-order valence-electron chi connectivity index (χ1n) is 5.57. The smallest absolute Gasteiger partial charge is 0.0977 e. The summed E-state index contributed by atoms with van der Waals surface area (Å²) in [6, 6.07) is 1.61. The predicted molar refractivity (Wildman–Crippen MR) is 67.9 cm³/mol. The van der Waals surface area contributed by atoms with Crippen molar-refractivity contribution in [2.24, 2.45) is 5.92 Å². The maximum Gasteiger partial charge on any atom is 0.0977 e. The Morgan fingerprint density at radius 2 is 1.94 bits per heavy atom.